The predicted octanol–water partition coefficient (Wildman–Crippen LogP) is 16.2. The minimum atomic E-state index is -0.0509. The predicted molar refractivity (Wildman–Crippen MR) is 219 cm³/mol. The van der Waals surface area contributed by atoms with Gasteiger partial charge < -0.3 is 0 Å². The van der Waals surface area contributed by atoms with E-state index in [0.29, 0.717) is 12.8 Å². The van der Waals surface area contributed by atoms with Crippen molar-refractivity contribution < 1.29 is 9.59 Å². The number of unbranched alkanes of at least 4 members (excludes halogenated alkanes) is 30. The zero-order valence-corrected chi connectivity index (χ0v) is 34.5. The van der Waals surface area contributed by atoms with Crippen LogP contribution in [0.1, 0.15) is 260 Å². The first kappa shape index (κ1) is 52.8. The quantitative estimate of drug-likeness (QED) is 0.0545. The van der Waals surface area contributed by atoms with Gasteiger partial charge in [0.15, 0.2) is 10.2 Å². The van der Waals surface area contributed by atoms with Crippen LogP contribution < -0.4 is 0 Å². The number of hydrogen-bond donors (Lipinski definition) is 2. The van der Waals surface area contributed by atoms with Crippen LogP contribution >= 0.6 is 25.3 Å². The molecule has 0 saturated heterocycles. The highest BCUT2D eigenvalue weighted by Gasteiger charge is 1.95. The number of thiol groups is 2. The van der Waals surface area contributed by atoms with Gasteiger partial charge >= 0.3 is 0 Å². The lowest BCUT2D eigenvalue weighted by molar-refractivity contribution is -0.111. The molecule has 2 nitrogen and oxygen atoms in total. The summed E-state index contributed by atoms with van der Waals surface area (Å²) in [6.07, 6.45) is 47.9. The average Bonchev–Trinajstić information content (AvgIpc) is 3.06. The standard InChI is InChI=1S/2C18H38.2C3H6OS/c2*1-3-5-7-9-11-13-15-17-18-16-14-12-10-8-6-4-2;2*1-2-3(4)5/h2*3-18H2,1-2H3;2*2H2,1H3,(H,4,5). The maximum absolute atomic E-state index is 9.68. The first-order valence-corrected chi connectivity index (χ1v) is 21.7. The Kier molecular flexibility index (Phi) is 62.6. The van der Waals surface area contributed by atoms with Crippen LogP contribution in [0.3, 0.4) is 0 Å². The van der Waals surface area contributed by atoms with Crippen molar-refractivity contribution in [2.24, 2.45) is 0 Å². The summed E-state index contributed by atoms with van der Waals surface area (Å²) in [7, 11) is 0. The summed E-state index contributed by atoms with van der Waals surface area (Å²) in [6.45, 7) is 12.7. The van der Waals surface area contributed by atoms with Gasteiger partial charge in [0.1, 0.15) is 0 Å². The van der Waals surface area contributed by atoms with E-state index in [9.17, 15) is 9.59 Å². The molecule has 0 aromatic carbocycles. The van der Waals surface area contributed by atoms with Crippen molar-refractivity contribution in [2.75, 3.05) is 0 Å². The van der Waals surface area contributed by atoms with Gasteiger partial charge in [-0.25, -0.2) is 0 Å². The fourth-order valence-electron chi connectivity index (χ4n) is 5.24. The Labute approximate surface area is 303 Å². The van der Waals surface area contributed by atoms with Crippen LogP contribution in [0.2, 0.25) is 0 Å². The van der Waals surface area contributed by atoms with Gasteiger partial charge in [0, 0.05) is 12.8 Å². The van der Waals surface area contributed by atoms with Gasteiger partial charge in [-0.3, -0.25) is 9.59 Å². The second kappa shape index (κ2) is 54.5. The molecule has 0 spiro atoms. The van der Waals surface area contributed by atoms with E-state index in [4.69, 9.17) is 0 Å². The molecule has 0 N–H and O–H groups in total. The molecule has 46 heavy (non-hydrogen) atoms. The third-order valence-corrected chi connectivity index (χ3v) is 9.15. The highest BCUT2D eigenvalue weighted by atomic mass is 32.1. The van der Waals surface area contributed by atoms with Crippen molar-refractivity contribution in [1.29, 1.82) is 0 Å². The van der Waals surface area contributed by atoms with Crippen LogP contribution in [0.25, 0.3) is 0 Å². The Hall–Kier alpha value is 0.0400. The molecule has 0 unspecified atom stereocenters. The molecule has 0 aromatic heterocycles. The van der Waals surface area contributed by atoms with Gasteiger partial charge in [-0.2, -0.15) is 0 Å². The molecule has 280 valence electrons. The number of carbonyl (C=O) groups is 2. The van der Waals surface area contributed by atoms with E-state index in [-0.39, 0.29) is 10.2 Å². The first-order valence-electron chi connectivity index (χ1n) is 20.8. The van der Waals surface area contributed by atoms with E-state index < -0.39 is 0 Å². The molecule has 0 fully saturated rings. The Morgan fingerprint density at radius 1 is 0.261 bits per heavy atom. The summed E-state index contributed by atoms with van der Waals surface area (Å²) in [5.74, 6) is 0. The fraction of sp³-hybridized carbons (Fsp3) is 0.952. The van der Waals surface area contributed by atoms with Crippen molar-refractivity contribution in [3.63, 3.8) is 0 Å². The van der Waals surface area contributed by atoms with Crippen molar-refractivity contribution in [2.45, 2.75) is 260 Å². The second-order valence-electron chi connectivity index (χ2n) is 13.4. The van der Waals surface area contributed by atoms with Crippen molar-refractivity contribution in [3.05, 3.63) is 0 Å². The van der Waals surface area contributed by atoms with Crippen LogP contribution in [0.4, 0.5) is 0 Å². The third-order valence-electron chi connectivity index (χ3n) is 8.52. The fourth-order valence-corrected chi connectivity index (χ4v) is 5.24. The molecule has 0 aromatic rings. The zero-order valence-electron chi connectivity index (χ0n) is 32.8. The summed E-state index contributed by atoms with van der Waals surface area (Å²) in [6, 6.07) is 0. The summed E-state index contributed by atoms with van der Waals surface area (Å²) >= 11 is 6.92. The van der Waals surface area contributed by atoms with Gasteiger partial charge in [0.2, 0.25) is 0 Å². The van der Waals surface area contributed by atoms with E-state index >= 15 is 0 Å². The second-order valence-corrected chi connectivity index (χ2v) is 14.4. The van der Waals surface area contributed by atoms with Crippen LogP contribution in [-0.2, 0) is 9.59 Å². The van der Waals surface area contributed by atoms with Crippen molar-refractivity contribution in [3.8, 4) is 0 Å². The highest BCUT2D eigenvalue weighted by Crippen LogP contribution is 2.15. The smallest absolute Gasteiger partial charge is 0.185 e. The van der Waals surface area contributed by atoms with Gasteiger partial charge in [-0.05, 0) is 0 Å². The Morgan fingerprint density at radius 3 is 0.413 bits per heavy atom. The van der Waals surface area contributed by atoms with Crippen LogP contribution in [0.15, 0.2) is 0 Å². The van der Waals surface area contributed by atoms with E-state index in [2.05, 4.69) is 53.0 Å². The lowest BCUT2D eigenvalue weighted by Gasteiger charge is -2.03. The lowest BCUT2D eigenvalue weighted by atomic mass is 10.0. The largest absolute Gasteiger partial charge is 0.288 e. The SMILES string of the molecule is CCC(=O)S.CCC(=O)S.CCCCCCCCCCCCCCCCCC.CCCCCCCCCCCCCCCCCC. The third kappa shape index (κ3) is 70.4. The van der Waals surface area contributed by atoms with Gasteiger partial charge in [-0.1, -0.05) is 247 Å². The van der Waals surface area contributed by atoms with E-state index in [1.807, 2.05) is 0 Å². The summed E-state index contributed by atoms with van der Waals surface area (Å²) in [5.41, 5.74) is 0. The number of rotatable bonds is 32. The van der Waals surface area contributed by atoms with Crippen molar-refractivity contribution in [1.82, 2.24) is 0 Å². The maximum Gasteiger partial charge on any atom is 0.185 e. The summed E-state index contributed by atoms with van der Waals surface area (Å²) < 4.78 is 0. The zero-order chi connectivity index (χ0) is 35.2. The maximum atomic E-state index is 9.68. The molecule has 0 bridgehead atoms. The molecule has 0 aliphatic rings. The molecule has 0 atom stereocenters. The molecular formula is C42H88O2S2. The minimum Gasteiger partial charge on any atom is -0.288 e. The molecule has 4 heteroatoms. The molecule has 0 aliphatic carbocycles. The summed E-state index contributed by atoms with van der Waals surface area (Å²) in [4.78, 5) is 19.4. The van der Waals surface area contributed by atoms with E-state index in [0.717, 1.165) is 0 Å². The highest BCUT2D eigenvalue weighted by molar-refractivity contribution is 7.96. The average molecular weight is 689 g/mol. The topological polar surface area (TPSA) is 34.1 Å². The monoisotopic (exact) mass is 689 g/mol. The van der Waals surface area contributed by atoms with Crippen molar-refractivity contribution >= 4 is 35.5 Å². The Morgan fingerprint density at radius 2 is 0.348 bits per heavy atom. The van der Waals surface area contributed by atoms with Gasteiger partial charge in [-0.15, -0.1) is 25.3 Å². The normalized spacial score (nSPS) is 10.3. The molecule has 0 aliphatic heterocycles. The Balaban J connectivity index is -0.000000296. The molecular weight excluding hydrogens is 601 g/mol. The molecule has 0 rings (SSSR count). The van der Waals surface area contributed by atoms with Crippen LogP contribution in [0, 0.1) is 0 Å². The first-order chi connectivity index (χ1) is 22.4. The van der Waals surface area contributed by atoms with Crippen LogP contribution in [-0.4, -0.2) is 10.2 Å². The number of hydrogen-bond acceptors (Lipinski definition) is 2. The van der Waals surface area contributed by atoms with E-state index in [1.54, 1.807) is 13.8 Å². The molecule has 0 radical (unpaired) electrons. The minimum absolute atomic E-state index is 0.0509. The van der Waals surface area contributed by atoms with Gasteiger partial charge in [0.05, 0.1) is 0 Å². The Bertz CT molecular complexity index is 446. The lowest BCUT2D eigenvalue weighted by Crippen LogP contribution is -1.83. The van der Waals surface area contributed by atoms with E-state index in [1.165, 1.54) is 205 Å². The van der Waals surface area contributed by atoms with Gasteiger partial charge in [0.25, 0.3) is 0 Å². The summed E-state index contributed by atoms with van der Waals surface area (Å²) in [5, 5.41) is -0.102. The molecule has 0 heterocycles. The number of carbonyl (C=O) groups excluding carboxylic acids is 2. The van der Waals surface area contributed by atoms with Crippen LogP contribution in [0.5, 0.6) is 0 Å². The molecule has 0 amide bonds. The molecule has 0 saturated carbocycles.